The lowest BCUT2D eigenvalue weighted by molar-refractivity contribution is 0.583. The van der Waals surface area contributed by atoms with Gasteiger partial charge in [-0.15, -0.1) is 11.3 Å². The summed E-state index contributed by atoms with van der Waals surface area (Å²) < 4.78 is 13.8. The fraction of sp³-hybridized carbons (Fsp3) is 0.250. The number of aryl methyl sites for hydroxylation is 1. The zero-order chi connectivity index (χ0) is 11.8. The van der Waals surface area contributed by atoms with Crippen LogP contribution in [0, 0.1) is 5.95 Å². The molecule has 88 valence electrons. The van der Waals surface area contributed by atoms with Gasteiger partial charge in [0.25, 0.3) is 0 Å². The summed E-state index contributed by atoms with van der Waals surface area (Å²) in [6, 6.07) is 6.96. The Hall–Kier alpha value is -1.13. The molecule has 2 nitrogen and oxygen atoms in total. The topological polar surface area (TPSA) is 24.9 Å². The number of pyridine rings is 1. The van der Waals surface area contributed by atoms with Crippen molar-refractivity contribution in [2.75, 3.05) is 5.32 Å². The zero-order valence-electron chi connectivity index (χ0n) is 8.91. The van der Waals surface area contributed by atoms with Crippen molar-refractivity contribution in [3.8, 4) is 0 Å². The summed E-state index contributed by atoms with van der Waals surface area (Å²) in [5.41, 5.74) is 1.23. The number of anilines is 1. The van der Waals surface area contributed by atoms with E-state index in [1.165, 1.54) is 16.5 Å². The molecule has 0 bridgehead atoms. The van der Waals surface area contributed by atoms with Gasteiger partial charge < -0.3 is 5.32 Å². The molecule has 1 N–H and O–H groups in total. The summed E-state index contributed by atoms with van der Waals surface area (Å²) in [7, 11) is 0. The summed E-state index contributed by atoms with van der Waals surface area (Å²) >= 11 is 7.61. The first-order chi connectivity index (χ1) is 8.22. The molecule has 0 saturated heterocycles. The summed E-state index contributed by atoms with van der Waals surface area (Å²) in [5.74, 6) is 0.113. The Bertz CT molecular complexity index is 555. The molecular weight excluding hydrogens is 259 g/mol. The van der Waals surface area contributed by atoms with Gasteiger partial charge in [0.2, 0.25) is 5.95 Å². The maximum absolute atomic E-state index is 13.0. The molecule has 5 heteroatoms. The maximum Gasteiger partial charge on any atom is 0.214 e. The van der Waals surface area contributed by atoms with Crippen LogP contribution in [0.5, 0.6) is 0 Å². The van der Waals surface area contributed by atoms with Crippen LogP contribution in [0.4, 0.5) is 10.2 Å². The Morgan fingerprint density at radius 1 is 1.47 bits per heavy atom. The third kappa shape index (κ3) is 2.15. The van der Waals surface area contributed by atoms with Gasteiger partial charge in [-0.05, 0) is 36.6 Å². The van der Waals surface area contributed by atoms with Crippen molar-refractivity contribution >= 4 is 28.8 Å². The first-order valence-electron chi connectivity index (χ1n) is 5.39. The standard InChI is InChI=1S/C12H10ClFN2S/c13-10-6-7-8(4-5-9(7)17-10)15-12-3-1-2-11(14)16-12/h1-3,6,8H,4-5H2,(H,15,16). The summed E-state index contributed by atoms with van der Waals surface area (Å²) in [4.78, 5) is 5.13. The third-order valence-corrected chi connectivity index (χ3v) is 4.22. The monoisotopic (exact) mass is 268 g/mol. The van der Waals surface area contributed by atoms with Crippen molar-refractivity contribution in [3.05, 3.63) is 45.0 Å². The molecule has 2 aromatic rings. The van der Waals surface area contributed by atoms with Gasteiger partial charge in [0.05, 0.1) is 10.4 Å². The summed E-state index contributed by atoms with van der Waals surface area (Å²) in [6.07, 6.45) is 2.04. The van der Waals surface area contributed by atoms with Crippen LogP contribution in [0.1, 0.15) is 22.9 Å². The predicted molar refractivity (Wildman–Crippen MR) is 68.2 cm³/mol. The molecule has 0 spiro atoms. The molecule has 1 unspecified atom stereocenters. The second-order valence-corrected chi connectivity index (χ2v) is 5.78. The molecule has 0 saturated carbocycles. The van der Waals surface area contributed by atoms with E-state index in [1.807, 2.05) is 6.07 Å². The minimum absolute atomic E-state index is 0.197. The van der Waals surface area contributed by atoms with E-state index in [0.29, 0.717) is 5.82 Å². The van der Waals surface area contributed by atoms with E-state index in [1.54, 1.807) is 23.5 Å². The SMILES string of the molecule is Fc1cccc(NC2CCc3sc(Cl)cc32)n1. The predicted octanol–water partition coefficient (Wildman–Crippen LogP) is 4.04. The molecule has 2 heterocycles. The highest BCUT2D eigenvalue weighted by molar-refractivity contribution is 7.16. The van der Waals surface area contributed by atoms with Crippen LogP contribution in [0.15, 0.2) is 24.3 Å². The van der Waals surface area contributed by atoms with E-state index < -0.39 is 5.95 Å². The van der Waals surface area contributed by atoms with Gasteiger partial charge in [-0.25, -0.2) is 4.98 Å². The van der Waals surface area contributed by atoms with Crippen LogP contribution in [-0.4, -0.2) is 4.98 Å². The molecular formula is C12H10ClFN2S. The number of hydrogen-bond acceptors (Lipinski definition) is 3. The Morgan fingerprint density at radius 2 is 2.35 bits per heavy atom. The van der Waals surface area contributed by atoms with Crippen LogP contribution in [0.2, 0.25) is 4.34 Å². The molecule has 0 amide bonds. The minimum Gasteiger partial charge on any atom is -0.363 e. The van der Waals surface area contributed by atoms with Gasteiger partial charge in [-0.3, -0.25) is 0 Å². The summed E-state index contributed by atoms with van der Waals surface area (Å²) in [6.45, 7) is 0. The second kappa shape index (κ2) is 4.27. The van der Waals surface area contributed by atoms with E-state index in [4.69, 9.17) is 11.6 Å². The molecule has 1 aliphatic carbocycles. The van der Waals surface area contributed by atoms with Crippen LogP contribution < -0.4 is 5.32 Å². The van der Waals surface area contributed by atoms with Crippen LogP contribution in [-0.2, 0) is 6.42 Å². The molecule has 1 aliphatic rings. The van der Waals surface area contributed by atoms with Gasteiger partial charge in [-0.2, -0.15) is 4.39 Å². The van der Waals surface area contributed by atoms with Crippen LogP contribution >= 0.6 is 22.9 Å². The number of nitrogens with zero attached hydrogens (tertiary/aromatic N) is 1. The van der Waals surface area contributed by atoms with E-state index in [2.05, 4.69) is 10.3 Å². The number of halogens is 2. The van der Waals surface area contributed by atoms with Gasteiger partial charge in [0.1, 0.15) is 5.82 Å². The number of fused-ring (bicyclic) bond motifs is 1. The molecule has 3 rings (SSSR count). The number of aromatic nitrogens is 1. The van der Waals surface area contributed by atoms with Crippen molar-refractivity contribution in [1.29, 1.82) is 0 Å². The van der Waals surface area contributed by atoms with Crippen LogP contribution in [0.3, 0.4) is 0 Å². The molecule has 0 aromatic carbocycles. The molecule has 0 radical (unpaired) electrons. The van der Waals surface area contributed by atoms with Crippen molar-refractivity contribution in [1.82, 2.24) is 4.98 Å². The number of thiophene rings is 1. The molecule has 17 heavy (non-hydrogen) atoms. The molecule has 2 aromatic heterocycles. The number of nitrogens with one attached hydrogen (secondary N) is 1. The highest BCUT2D eigenvalue weighted by Gasteiger charge is 2.25. The van der Waals surface area contributed by atoms with Gasteiger partial charge >= 0.3 is 0 Å². The Kier molecular flexibility index (Phi) is 2.76. The van der Waals surface area contributed by atoms with Crippen molar-refractivity contribution in [2.24, 2.45) is 0 Å². The van der Waals surface area contributed by atoms with Crippen molar-refractivity contribution in [2.45, 2.75) is 18.9 Å². The van der Waals surface area contributed by atoms with E-state index in [9.17, 15) is 4.39 Å². The van der Waals surface area contributed by atoms with Crippen LogP contribution in [0.25, 0.3) is 0 Å². The molecule has 1 atom stereocenters. The minimum atomic E-state index is -0.462. The number of hydrogen-bond donors (Lipinski definition) is 1. The number of rotatable bonds is 2. The van der Waals surface area contributed by atoms with Gasteiger partial charge in [-0.1, -0.05) is 17.7 Å². The largest absolute Gasteiger partial charge is 0.363 e. The normalized spacial score (nSPS) is 18.1. The lowest BCUT2D eigenvalue weighted by Crippen LogP contribution is -2.08. The van der Waals surface area contributed by atoms with Crippen molar-refractivity contribution < 1.29 is 4.39 Å². The Balaban J connectivity index is 1.83. The zero-order valence-corrected chi connectivity index (χ0v) is 10.5. The molecule has 0 fully saturated rings. The maximum atomic E-state index is 13.0. The Labute approximate surface area is 107 Å². The first kappa shape index (κ1) is 11.0. The van der Waals surface area contributed by atoms with Crippen molar-refractivity contribution in [3.63, 3.8) is 0 Å². The highest BCUT2D eigenvalue weighted by Crippen LogP contribution is 2.40. The van der Waals surface area contributed by atoms with E-state index in [0.717, 1.165) is 17.2 Å². The Morgan fingerprint density at radius 3 is 3.18 bits per heavy atom. The lowest BCUT2D eigenvalue weighted by Gasteiger charge is -2.13. The van der Waals surface area contributed by atoms with Gasteiger partial charge in [0.15, 0.2) is 0 Å². The first-order valence-corrected chi connectivity index (χ1v) is 6.59. The average Bonchev–Trinajstić information content (AvgIpc) is 2.80. The second-order valence-electron chi connectivity index (χ2n) is 4.01. The quantitative estimate of drug-likeness (QED) is 0.832. The smallest absolute Gasteiger partial charge is 0.214 e. The molecule has 0 aliphatic heterocycles. The van der Waals surface area contributed by atoms with Gasteiger partial charge in [0, 0.05) is 4.88 Å². The summed E-state index contributed by atoms with van der Waals surface area (Å²) in [5, 5.41) is 3.25. The fourth-order valence-electron chi connectivity index (χ4n) is 2.15. The highest BCUT2D eigenvalue weighted by atomic mass is 35.5. The van der Waals surface area contributed by atoms with E-state index in [-0.39, 0.29) is 6.04 Å². The van der Waals surface area contributed by atoms with E-state index >= 15 is 0 Å². The average molecular weight is 269 g/mol. The third-order valence-electron chi connectivity index (χ3n) is 2.88. The lowest BCUT2D eigenvalue weighted by atomic mass is 10.2. The fourth-order valence-corrected chi connectivity index (χ4v) is 3.50.